The van der Waals surface area contributed by atoms with Gasteiger partial charge in [0.25, 0.3) is 0 Å². The number of aromatic nitrogens is 3. The summed E-state index contributed by atoms with van der Waals surface area (Å²) in [5.74, 6) is 0.329. The van der Waals surface area contributed by atoms with Crippen LogP contribution >= 0.6 is 15.9 Å². The zero-order valence-corrected chi connectivity index (χ0v) is 10.3. The van der Waals surface area contributed by atoms with Gasteiger partial charge >= 0.3 is 0 Å². The molecule has 0 radical (unpaired) electrons. The van der Waals surface area contributed by atoms with Crippen LogP contribution in [-0.4, -0.2) is 29.3 Å². The first-order valence-electron chi connectivity index (χ1n) is 4.12. The second kappa shape index (κ2) is 3.57. The summed E-state index contributed by atoms with van der Waals surface area (Å²) >= 11 is 3.30. The molecule has 2 rings (SSSR count). The summed E-state index contributed by atoms with van der Waals surface area (Å²) in [6.07, 6.45) is 2.91. The molecule has 0 aromatic carbocycles. The maximum Gasteiger partial charge on any atom is 0.161 e. The summed E-state index contributed by atoms with van der Waals surface area (Å²) in [5.41, 5.74) is 0.628. The maximum atomic E-state index is 11.1. The molecule has 0 fully saturated rings. The van der Waals surface area contributed by atoms with Gasteiger partial charge in [0.2, 0.25) is 0 Å². The van der Waals surface area contributed by atoms with Crippen molar-refractivity contribution < 1.29 is 8.42 Å². The quantitative estimate of drug-likeness (QED) is 0.829. The molecule has 0 amide bonds. The van der Waals surface area contributed by atoms with Gasteiger partial charge in [-0.15, -0.1) is 10.2 Å². The van der Waals surface area contributed by atoms with E-state index in [2.05, 4.69) is 26.1 Å². The lowest BCUT2D eigenvalue weighted by atomic mass is 10.5. The molecule has 0 bridgehead atoms. The highest BCUT2D eigenvalue weighted by Gasteiger charge is 2.11. The van der Waals surface area contributed by atoms with E-state index in [0.29, 0.717) is 11.5 Å². The number of hydrogen-bond donors (Lipinski definition) is 0. The Labute approximate surface area is 95.2 Å². The van der Waals surface area contributed by atoms with Crippen molar-refractivity contribution in [1.29, 1.82) is 0 Å². The average molecular weight is 290 g/mol. The lowest BCUT2D eigenvalue weighted by molar-refractivity contribution is 0.599. The van der Waals surface area contributed by atoms with Crippen LogP contribution in [0.15, 0.2) is 22.8 Å². The molecule has 15 heavy (non-hydrogen) atoms. The van der Waals surface area contributed by atoms with Crippen LogP contribution < -0.4 is 0 Å². The second-order valence-electron chi connectivity index (χ2n) is 3.26. The van der Waals surface area contributed by atoms with Crippen molar-refractivity contribution in [2.75, 3.05) is 6.26 Å². The van der Waals surface area contributed by atoms with Crippen LogP contribution in [-0.2, 0) is 15.6 Å². The molecule has 0 aliphatic carbocycles. The molecule has 0 N–H and O–H groups in total. The summed E-state index contributed by atoms with van der Waals surface area (Å²) in [5, 5.41) is 7.72. The van der Waals surface area contributed by atoms with Gasteiger partial charge in [0, 0.05) is 16.9 Å². The van der Waals surface area contributed by atoms with Gasteiger partial charge in [0.05, 0.1) is 0 Å². The third kappa shape index (κ3) is 2.35. The van der Waals surface area contributed by atoms with Gasteiger partial charge in [0.1, 0.15) is 5.75 Å². The van der Waals surface area contributed by atoms with Crippen LogP contribution in [0.2, 0.25) is 0 Å². The van der Waals surface area contributed by atoms with Gasteiger partial charge in [-0.1, -0.05) is 15.9 Å². The Hall–Kier alpha value is -0.950. The van der Waals surface area contributed by atoms with Crippen molar-refractivity contribution >= 4 is 31.4 Å². The number of hydrogen-bond acceptors (Lipinski definition) is 4. The largest absolute Gasteiger partial charge is 0.286 e. The standard InChI is InChI=1S/C8H8BrN3O2S/c1-15(13,14)5-8-11-10-7-4-6(9)2-3-12(7)8/h2-4H,5H2,1H3. The Morgan fingerprint density at radius 1 is 1.47 bits per heavy atom. The van der Waals surface area contributed by atoms with E-state index in [1.165, 1.54) is 6.26 Å². The molecule has 0 atom stereocenters. The van der Waals surface area contributed by atoms with Crippen LogP contribution in [0.5, 0.6) is 0 Å². The summed E-state index contributed by atoms with van der Waals surface area (Å²) in [6.45, 7) is 0. The van der Waals surface area contributed by atoms with Crippen molar-refractivity contribution in [3.63, 3.8) is 0 Å². The third-order valence-electron chi connectivity index (χ3n) is 1.83. The van der Waals surface area contributed by atoms with Crippen molar-refractivity contribution in [1.82, 2.24) is 14.6 Å². The van der Waals surface area contributed by atoms with Crippen molar-refractivity contribution in [2.45, 2.75) is 5.75 Å². The van der Waals surface area contributed by atoms with Gasteiger partial charge in [-0.25, -0.2) is 8.42 Å². The van der Waals surface area contributed by atoms with E-state index in [0.717, 1.165) is 4.47 Å². The molecule has 0 spiro atoms. The van der Waals surface area contributed by atoms with E-state index in [9.17, 15) is 8.42 Å². The smallest absolute Gasteiger partial charge is 0.161 e. The first-order chi connectivity index (χ1) is 6.96. The maximum absolute atomic E-state index is 11.1. The van der Waals surface area contributed by atoms with Gasteiger partial charge in [-0.05, 0) is 12.1 Å². The molecule has 0 saturated carbocycles. The Bertz CT molecular complexity index is 605. The third-order valence-corrected chi connectivity index (χ3v) is 3.11. The number of halogens is 1. The molecule has 80 valence electrons. The first kappa shape index (κ1) is 10.6. The van der Waals surface area contributed by atoms with Crippen LogP contribution in [0, 0.1) is 0 Å². The lowest BCUT2D eigenvalue weighted by Gasteiger charge is -1.98. The lowest BCUT2D eigenvalue weighted by Crippen LogP contribution is -2.04. The van der Waals surface area contributed by atoms with Crippen LogP contribution in [0.25, 0.3) is 5.65 Å². The van der Waals surface area contributed by atoms with Gasteiger partial charge < -0.3 is 0 Å². The molecule has 0 saturated heterocycles. The number of sulfone groups is 1. The van der Waals surface area contributed by atoms with Crippen LogP contribution in [0.4, 0.5) is 0 Å². The topological polar surface area (TPSA) is 64.3 Å². The molecule has 0 aliphatic heterocycles. The fourth-order valence-corrected chi connectivity index (χ4v) is 2.24. The Kier molecular flexibility index (Phi) is 2.51. The summed E-state index contributed by atoms with van der Waals surface area (Å²) in [7, 11) is -3.08. The van der Waals surface area contributed by atoms with E-state index in [4.69, 9.17) is 0 Å². The summed E-state index contributed by atoms with van der Waals surface area (Å²) in [6, 6.07) is 3.58. The highest BCUT2D eigenvalue weighted by molar-refractivity contribution is 9.10. The Balaban J connectivity index is 2.55. The average Bonchev–Trinajstić information content (AvgIpc) is 2.45. The molecule has 2 aromatic heterocycles. The predicted molar refractivity (Wildman–Crippen MR) is 59.2 cm³/mol. The number of fused-ring (bicyclic) bond motifs is 1. The minimum absolute atomic E-state index is 0.101. The van der Waals surface area contributed by atoms with Crippen LogP contribution in [0.3, 0.4) is 0 Å². The van der Waals surface area contributed by atoms with Gasteiger partial charge in [0.15, 0.2) is 21.3 Å². The van der Waals surface area contributed by atoms with Gasteiger partial charge in [-0.3, -0.25) is 4.40 Å². The van der Waals surface area contributed by atoms with Crippen molar-refractivity contribution in [3.05, 3.63) is 28.6 Å². The molecular formula is C8H8BrN3O2S. The molecule has 0 unspecified atom stereocenters. The van der Waals surface area contributed by atoms with E-state index >= 15 is 0 Å². The van der Waals surface area contributed by atoms with E-state index < -0.39 is 9.84 Å². The molecule has 5 nitrogen and oxygen atoms in total. The fraction of sp³-hybridized carbons (Fsp3) is 0.250. The van der Waals surface area contributed by atoms with E-state index in [1.54, 1.807) is 16.7 Å². The van der Waals surface area contributed by atoms with E-state index in [-0.39, 0.29) is 5.75 Å². The first-order valence-corrected chi connectivity index (χ1v) is 6.98. The normalized spacial score (nSPS) is 12.1. The van der Waals surface area contributed by atoms with E-state index in [1.807, 2.05) is 6.07 Å². The van der Waals surface area contributed by atoms with Crippen LogP contribution in [0.1, 0.15) is 5.82 Å². The predicted octanol–water partition coefficient (Wildman–Crippen LogP) is 1.04. The summed E-state index contributed by atoms with van der Waals surface area (Å²) in [4.78, 5) is 0. The summed E-state index contributed by atoms with van der Waals surface area (Å²) < 4.78 is 24.8. The number of pyridine rings is 1. The molecular weight excluding hydrogens is 282 g/mol. The minimum Gasteiger partial charge on any atom is -0.286 e. The monoisotopic (exact) mass is 289 g/mol. The SMILES string of the molecule is CS(=O)(=O)Cc1nnc2cc(Br)ccn12. The Morgan fingerprint density at radius 2 is 2.20 bits per heavy atom. The number of rotatable bonds is 2. The van der Waals surface area contributed by atoms with Crippen molar-refractivity contribution in [2.24, 2.45) is 0 Å². The fourth-order valence-electron chi connectivity index (χ4n) is 1.25. The van der Waals surface area contributed by atoms with Gasteiger partial charge in [-0.2, -0.15) is 0 Å². The molecule has 2 aromatic rings. The molecule has 7 heteroatoms. The zero-order valence-electron chi connectivity index (χ0n) is 7.88. The molecule has 0 aliphatic rings. The Morgan fingerprint density at radius 3 is 2.87 bits per heavy atom. The highest BCUT2D eigenvalue weighted by atomic mass is 79.9. The minimum atomic E-state index is -3.08. The number of nitrogens with zero attached hydrogens (tertiary/aromatic N) is 3. The highest BCUT2D eigenvalue weighted by Crippen LogP contribution is 2.13. The molecule has 2 heterocycles. The van der Waals surface area contributed by atoms with Crippen molar-refractivity contribution in [3.8, 4) is 0 Å². The zero-order chi connectivity index (χ0) is 11.1. The second-order valence-corrected chi connectivity index (χ2v) is 6.32.